The highest BCUT2D eigenvalue weighted by molar-refractivity contribution is 6.69. The zero-order chi connectivity index (χ0) is 12.3. The summed E-state index contributed by atoms with van der Waals surface area (Å²) in [6.45, 7) is 5.78. The molecule has 0 aliphatic heterocycles. The van der Waals surface area contributed by atoms with E-state index in [0.717, 1.165) is 12.1 Å². The van der Waals surface area contributed by atoms with Gasteiger partial charge in [0.15, 0.2) is 26.1 Å². The molecule has 0 aliphatic carbocycles. The Labute approximate surface area is 94.6 Å². The van der Waals surface area contributed by atoms with E-state index in [4.69, 9.17) is 9.69 Å². The van der Waals surface area contributed by atoms with E-state index in [1.807, 2.05) is 25.7 Å². The second kappa shape index (κ2) is 4.72. The SMILES string of the molecule is C[Si](C)(C)OC(C#N)c1ccc(F)c(F)c1. The number of benzene rings is 1. The van der Waals surface area contributed by atoms with Gasteiger partial charge in [-0.1, -0.05) is 6.07 Å². The average Bonchev–Trinajstić information content (AvgIpc) is 2.17. The van der Waals surface area contributed by atoms with E-state index < -0.39 is 26.1 Å². The predicted molar refractivity (Wildman–Crippen MR) is 59.1 cm³/mol. The summed E-state index contributed by atoms with van der Waals surface area (Å²) in [4.78, 5) is 0. The third-order valence-electron chi connectivity index (χ3n) is 1.84. The van der Waals surface area contributed by atoms with Crippen LogP contribution in [0, 0.1) is 23.0 Å². The molecule has 1 aromatic carbocycles. The molecule has 5 heteroatoms. The van der Waals surface area contributed by atoms with Crippen LogP contribution in [-0.4, -0.2) is 8.32 Å². The van der Waals surface area contributed by atoms with Crippen LogP contribution in [0.15, 0.2) is 18.2 Å². The molecule has 2 nitrogen and oxygen atoms in total. The van der Waals surface area contributed by atoms with Crippen LogP contribution in [-0.2, 0) is 4.43 Å². The first-order valence-electron chi connectivity index (χ1n) is 4.86. The molecular weight excluding hydrogens is 228 g/mol. The summed E-state index contributed by atoms with van der Waals surface area (Å²) in [7, 11) is -1.89. The molecule has 0 saturated heterocycles. The fourth-order valence-electron chi connectivity index (χ4n) is 1.20. The molecule has 0 saturated carbocycles. The van der Waals surface area contributed by atoms with Crippen LogP contribution in [0.5, 0.6) is 0 Å². The molecule has 0 radical (unpaired) electrons. The summed E-state index contributed by atoms with van der Waals surface area (Å²) < 4.78 is 31.3. The topological polar surface area (TPSA) is 33.0 Å². The van der Waals surface area contributed by atoms with Gasteiger partial charge in [0, 0.05) is 0 Å². The standard InChI is InChI=1S/C11H13F2NOSi/c1-16(2,3)15-11(7-14)8-4-5-9(12)10(13)6-8/h4-6,11H,1-3H3. The van der Waals surface area contributed by atoms with Crippen LogP contribution >= 0.6 is 0 Å². The van der Waals surface area contributed by atoms with Crippen LogP contribution in [0.2, 0.25) is 19.6 Å². The lowest BCUT2D eigenvalue weighted by Gasteiger charge is -2.21. The Morgan fingerprint density at radius 1 is 1.25 bits per heavy atom. The van der Waals surface area contributed by atoms with Gasteiger partial charge in [-0.2, -0.15) is 5.26 Å². The number of nitrogens with zero attached hydrogens (tertiary/aromatic N) is 1. The number of nitriles is 1. The van der Waals surface area contributed by atoms with E-state index in [9.17, 15) is 8.78 Å². The molecule has 1 aromatic rings. The highest BCUT2D eigenvalue weighted by atomic mass is 28.4. The quantitative estimate of drug-likeness (QED) is 0.760. The second-order valence-corrected chi connectivity index (χ2v) is 8.87. The molecule has 1 atom stereocenters. The number of rotatable bonds is 3. The lowest BCUT2D eigenvalue weighted by molar-refractivity contribution is 0.254. The molecular formula is C11H13F2NOSi. The van der Waals surface area contributed by atoms with Crippen LogP contribution in [0.1, 0.15) is 11.7 Å². The summed E-state index contributed by atoms with van der Waals surface area (Å²) in [6.07, 6.45) is -0.832. The van der Waals surface area contributed by atoms with Crippen molar-refractivity contribution in [3.8, 4) is 6.07 Å². The highest BCUT2D eigenvalue weighted by Crippen LogP contribution is 2.23. The Balaban J connectivity index is 2.97. The maximum absolute atomic E-state index is 13.0. The van der Waals surface area contributed by atoms with Gasteiger partial charge in [0.2, 0.25) is 0 Å². The Morgan fingerprint density at radius 3 is 2.31 bits per heavy atom. The van der Waals surface area contributed by atoms with Gasteiger partial charge in [-0.05, 0) is 37.3 Å². The molecule has 1 unspecified atom stereocenters. The van der Waals surface area contributed by atoms with Crippen molar-refractivity contribution in [3.05, 3.63) is 35.4 Å². The maximum atomic E-state index is 13.0. The monoisotopic (exact) mass is 241 g/mol. The highest BCUT2D eigenvalue weighted by Gasteiger charge is 2.22. The maximum Gasteiger partial charge on any atom is 0.186 e. The lowest BCUT2D eigenvalue weighted by Crippen LogP contribution is -2.27. The molecule has 0 amide bonds. The van der Waals surface area contributed by atoms with Crippen molar-refractivity contribution in [1.29, 1.82) is 5.26 Å². The van der Waals surface area contributed by atoms with Crippen molar-refractivity contribution in [1.82, 2.24) is 0 Å². The minimum absolute atomic E-state index is 0.351. The van der Waals surface area contributed by atoms with Crippen molar-refractivity contribution < 1.29 is 13.2 Å². The van der Waals surface area contributed by atoms with E-state index in [1.165, 1.54) is 6.07 Å². The molecule has 0 fully saturated rings. The minimum Gasteiger partial charge on any atom is -0.399 e. The predicted octanol–water partition coefficient (Wildman–Crippen LogP) is 3.38. The minimum atomic E-state index is -1.89. The van der Waals surface area contributed by atoms with Gasteiger partial charge in [0.1, 0.15) is 0 Å². The molecule has 86 valence electrons. The second-order valence-electron chi connectivity index (χ2n) is 4.41. The smallest absolute Gasteiger partial charge is 0.186 e. The molecule has 16 heavy (non-hydrogen) atoms. The molecule has 1 rings (SSSR count). The van der Waals surface area contributed by atoms with E-state index in [1.54, 1.807) is 0 Å². The zero-order valence-corrected chi connectivity index (χ0v) is 10.4. The van der Waals surface area contributed by atoms with Crippen molar-refractivity contribution in [2.45, 2.75) is 25.7 Å². The van der Waals surface area contributed by atoms with Gasteiger partial charge < -0.3 is 4.43 Å². The fraction of sp³-hybridized carbons (Fsp3) is 0.364. The third kappa shape index (κ3) is 3.40. The van der Waals surface area contributed by atoms with Crippen LogP contribution in [0.3, 0.4) is 0 Å². The average molecular weight is 241 g/mol. The summed E-state index contributed by atoms with van der Waals surface area (Å²) in [6, 6.07) is 5.32. The first kappa shape index (κ1) is 12.8. The molecule has 0 aliphatic rings. The van der Waals surface area contributed by atoms with Crippen molar-refractivity contribution >= 4 is 8.32 Å². The summed E-state index contributed by atoms with van der Waals surface area (Å²) >= 11 is 0. The van der Waals surface area contributed by atoms with E-state index >= 15 is 0 Å². The first-order valence-corrected chi connectivity index (χ1v) is 8.27. The fourth-order valence-corrected chi connectivity index (χ4v) is 2.09. The van der Waals surface area contributed by atoms with Crippen molar-refractivity contribution in [3.63, 3.8) is 0 Å². The largest absolute Gasteiger partial charge is 0.399 e. The molecule has 0 heterocycles. The Hall–Kier alpha value is -1.25. The Bertz CT molecular complexity index is 423. The van der Waals surface area contributed by atoms with E-state index in [0.29, 0.717) is 5.56 Å². The number of hydrogen-bond donors (Lipinski definition) is 0. The van der Waals surface area contributed by atoms with Gasteiger partial charge in [0.25, 0.3) is 0 Å². The van der Waals surface area contributed by atoms with Crippen molar-refractivity contribution in [2.24, 2.45) is 0 Å². The van der Waals surface area contributed by atoms with Gasteiger partial charge in [-0.3, -0.25) is 0 Å². The van der Waals surface area contributed by atoms with Gasteiger partial charge >= 0.3 is 0 Å². The van der Waals surface area contributed by atoms with E-state index in [-0.39, 0.29) is 0 Å². The van der Waals surface area contributed by atoms with Crippen LogP contribution in [0.25, 0.3) is 0 Å². The van der Waals surface area contributed by atoms with E-state index in [2.05, 4.69) is 0 Å². The Morgan fingerprint density at radius 2 is 1.88 bits per heavy atom. The first-order chi connectivity index (χ1) is 7.33. The molecule has 0 N–H and O–H groups in total. The zero-order valence-electron chi connectivity index (χ0n) is 9.42. The summed E-state index contributed by atoms with van der Waals surface area (Å²) in [5.41, 5.74) is 0.351. The summed E-state index contributed by atoms with van der Waals surface area (Å²) in [5.74, 6) is -1.88. The number of hydrogen-bond acceptors (Lipinski definition) is 2. The third-order valence-corrected chi connectivity index (χ3v) is 2.78. The van der Waals surface area contributed by atoms with Crippen LogP contribution in [0.4, 0.5) is 8.78 Å². The van der Waals surface area contributed by atoms with Gasteiger partial charge in [0.05, 0.1) is 6.07 Å². The Kier molecular flexibility index (Phi) is 3.78. The molecule has 0 spiro atoms. The van der Waals surface area contributed by atoms with Crippen molar-refractivity contribution in [2.75, 3.05) is 0 Å². The van der Waals surface area contributed by atoms with Gasteiger partial charge in [-0.25, -0.2) is 8.78 Å². The molecule has 0 bridgehead atoms. The van der Waals surface area contributed by atoms with Crippen LogP contribution < -0.4 is 0 Å². The number of halogens is 2. The summed E-state index contributed by atoms with van der Waals surface area (Å²) in [5, 5.41) is 8.93. The van der Waals surface area contributed by atoms with Gasteiger partial charge in [-0.15, -0.1) is 0 Å². The normalized spacial score (nSPS) is 13.2. The molecule has 0 aromatic heterocycles. The lowest BCUT2D eigenvalue weighted by atomic mass is 10.1.